The number of ether oxygens (including phenoxy) is 1. The van der Waals surface area contributed by atoms with Gasteiger partial charge in [-0.25, -0.2) is 0 Å². The number of nitrogens with one attached hydrogen (secondary N) is 1. The maximum atomic E-state index is 6.28. The fraction of sp³-hybridized carbons (Fsp3) is 0.200. The Morgan fingerprint density at radius 3 is 2.55 bits per heavy atom. The molecule has 2 rings (SSSR count). The van der Waals surface area contributed by atoms with Crippen molar-refractivity contribution in [3.63, 3.8) is 0 Å². The topological polar surface area (TPSA) is 21.3 Å². The van der Waals surface area contributed by atoms with E-state index in [-0.39, 0.29) is 6.04 Å². The smallest absolute Gasteiger partial charge is 0.121 e. The van der Waals surface area contributed by atoms with Crippen molar-refractivity contribution in [2.75, 3.05) is 12.4 Å². The minimum Gasteiger partial charge on any atom is -0.497 e. The summed E-state index contributed by atoms with van der Waals surface area (Å²) >= 11 is 13.2. The quantitative estimate of drug-likeness (QED) is 0.652. The number of halogens is 3. The first-order valence-electron chi connectivity index (χ1n) is 6.06. The lowest BCUT2D eigenvalue weighted by Gasteiger charge is -2.19. The molecule has 0 fully saturated rings. The summed E-state index contributed by atoms with van der Waals surface area (Å²) in [5, 5.41) is 4.17. The molecule has 0 aliphatic carbocycles. The van der Waals surface area contributed by atoms with Crippen LogP contribution in [0.4, 0.5) is 5.69 Å². The molecule has 0 bridgehead atoms. The third kappa shape index (κ3) is 3.68. The summed E-state index contributed by atoms with van der Waals surface area (Å²) in [7, 11) is 1.65. The molecule has 5 heteroatoms. The molecule has 1 atom stereocenters. The Labute approximate surface area is 140 Å². The summed E-state index contributed by atoms with van der Waals surface area (Å²) in [5.74, 6) is 0.810. The Hall–Kier alpha value is -0.710. The van der Waals surface area contributed by atoms with Gasteiger partial charge in [-0.2, -0.15) is 0 Å². The first-order valence-corrected chi connectivity index (χ1v) is 8.02. The predicted molar refractivity (Wildman–Crippen MR) is 91.9 cm³/mol. The van der Waals surface area contributed by atoms with Gasteiger partial charge in [-0.1, -0.05) is 33.6 Å². The van der Waals surface area contributed by atoms with Crippen LogP contribution < -0.4 is 10.1 Å². The lowest BCUT2D eigenvalue weighted by molar-refractivity contribution is 0.415. The predicted octanol–water partition coefficient (Wildman–Crippen LogP) is 6.05. The van der Waals surface area contributed by atoms with Crippen LogP contribution in [0.1, 0.15) is 18.5 Å². The van der Waals surface area contributed by atoms with Crippen molar-refractivity contribution in [1.82, 2.24) is 0 Å². The molecule has 0 amide bonds. The first-order chi connectivity index (χ1) is 9.51. The molecule has 2 aromatic carbocycles. The van der Waals surface area contributed by atoms with E-state index >= 15 is 0 Å². The van der Waals surface area contributed by atoms with E-state index in [1.54, 1.807) is 7.11 Å². The summed E-state index contributed by atoms with van der Waals surface area (Å²) in [6.07, 6.45) is 0. The molecule has 0 saturated carbocycles. The van der Waals surface area contributed by atoms with Gasteiger partial charge in [0.25, 0.3) is 0 Å². The average molecular weight is 420 g/mol. The number of hydrogen-bond donors (Lipinski definition) is 1. The van der Waals surface area contributed by atoms with E-state index in [0.717, 1.165) is 31.0 Å². The zero-order valence-corrected chi connectivity index (χ0v) is 15.0. The van der Waals surface area contributed by atoms with E-state index in [0.29, 0.717) is 0 Å². The first kappa shape index (κ1) is 15.7. The average Bonchev–Trinajstić information content (AvgIpc) is 2.41. The molecule has 0 spiro atoms. The second-order valence-electron chi connectivity index (χ2n) is 4.38. The molecule has 0 aliphatic heterocycles. The molecule has 2 nitrogen and oxygen atoms in total. The number of methoxy groups -OCH3 is 1. The molecular formula is C15H14Br2ClNO. The minimum absolute atomic E-state index is 0.0824. The van der Waals surface area contributed by atoms with Crippen molar-refractivity contribution in [2.45, 2.75) is 13.0 Å². The monoisotopic (exact) mass is 417 g/mol. The molecular weight excluding hydrogens is 405 g/mol. The van der Waals surface area contributed by atoms with E-state index in [1.165, 1.54) is 0 Å². The third-order valence-electron chi connectivity index (χ3n) is 2.97. The van der Waals surface area contributed by atoms with Crippen LogP contribution in [0.25, 0.3) is 0 Å². The van der Waals surface area contributed by atoms with Gasteiger partial charge >= 0.3 is 0 Å². The lowest BCUT2D eigenvalue weighted by Crippen LogP contribution is -2.07. The molecule has 0 saturated heterocycles. The van der Waals surface area contributed by atoms with Crippen LogP contribution in [-0.4, -0.2) is 7.11 Å². The fourth-order valence-corrected chi connectivity index (χ4v) is 3.10. The summed E-state index contributed by atoms with van der Waals surface area (Å²) in [5.41, 5.74) is 2.01. The van der Waals surface area contributed by atoms with Gasteiger partial charge < -0.3 is 10.1 Å². The Balaban J connectivity index is 2.25. The van der Waals surface area contributed by atoms with Crippen molar-refractivity contribution in [1.29, 1.82) is 0 Å². The zero-order chi connectivity index (χ0) is 14.7. The Bertz CT molecular complexity index is 619. The SMILES string of the molecule is COc1ccc(Br)c(NC(C)c2ccc(Br)cc2Cl)c1. The fourth-order valence-electron chi connectivity index (χ4n) is 1.91. The molecule has 0 aromatic heterocycles. The van der Waals surface area contributed by atoms with E-state index in [1.807, 2.05) is 36.4 Å². The van der Waals surface area contributed by atoms with E-state index in [4.69, 9.17) is 16.3 Å². The van der Waals surface area contributed by atoms with Crippen LogP contribution in [-0.2, 0) is 0 Å². The van der Waals surface area contributed by atoms with E-state index in [2.05, 4.69) is 44.1 Å². The molecule has 0 heterocycles. The van der Waals surface area contributed by atoms with Gasteiger partial charge in [0.2, 0.25) is 0 Å². The van der Waals surface area contributed by atoms with Gasteiger partial charge in [0.15, 0.2) is 0 Å². The molecule has 0 aliphatic rings. The van der Waals surface area contributed by atoms with Crippen molar-refractivity contribution < 1.29 is 4.74 Å². The largest absolute Gasteiger partial charge is 0.497 e. The summed E-state index contributed by atoms with van der Waals surface area (Å²) < 4.78 is 7.20. The highest BCUT2D eigenvalue weighted by atomic mass is 79.9. The normalized spacial score (nSPS) is 12.1. The standard InChI is InChI=1S/C15H14Br2ClNO/c1-9(12-5-3-10(16)7-14(12)18)19-15-8-11(20-2)4-6-13(15)17/h3-9,19H,1-2H3. The van der Waals surface area contributed by atoms with Crippen LogP contribution in [0.15, 0.2) is 45.3 Å². The van der Waals surface area contributed by atoms with E-state index < -0.39 is 0 Å². The Morgan fingerprint density at radius 2 is 1.90 bits per heavy atom. The van der Waals surface area contributed by atoms with Gasteiger partial charge in [0, 0.05) is 20.0 Å². The Morgan fingerprint density at radius 1 is 1.15 bits per heavy atom. The molecule has 106 valence electrons. The summed E-state index contributed by atoms with van der Waals surface area (Å²) in [6, 6.07) is 11.8. The third-order valence-corrected chi connectivity index (χ3v) is 4.49. The minimum atomic E-state index is 0.0824. The second kappa shape index (κ2) is 6.83. The highest BCUT2D eigenvalue weighted by Crippen LogP contribution is 2.33. The molecule has 0 radical (unpaired) electrons. The van der Waals surface area contributed by atoms with Crippen LogP contribution in [0, 0.1) is 0 Å². The summed E-state index contributed by atoms with van der Waals surface area (Å²) in [6.45, 7) is 2.07. The molecule has 1 N–H and O–H groups in total. The second-order valence-corrected chi connectivity index (χ2v) is 6.55. The number of benzene rings is 2. The van der Waals surface area contributed by atoms with Gasteiger partial charge in [0.1, 0.15) is 5.75 Å². The molecule has 2 aromatic rings. The van der Waals surface area contributed by atoms with Crippen molar-refractivity contribution in [2.24, 2.45) is 0 Å². The van der Waals surface area contributed by atoms with E-state index in [9.17, 15) is 0 Å². The zero-order valence-electron chi connectivity index (χ0n) is 11.1. The van der Waals surface area contributed by atoms with Gasteiger partial charge in [-0.15, -0.1) is 0 Å². The van der Waals surface area contributed by atoms with Crippen LogP contribution in [0.2, 0.25) is 5.02 Å². The molecule has 1 unspecified atom stereocenters. The maximum Gasteiger partial charge on any atom is 0.121 e. The lowest BCUT2D eigenvalue weighted by atomic mass is 10.1. The van der Waals surface area contributed by atoms with Crippen LogP contribution in [0.5, 0.6) is 5.75 Å². The van der Waals surface area contributed by atoms with Gasteiger partial charge in [0.05, 0.1) is 18.8 Å². The van der Waals surface area contributed by atoms with Gasteiger partial charge in [-0.05, 0) is 52.7 Å². The summed E-state index contributed by atoms with van der Waals surface area (Å²) in [4.78, 5) is 0. The van der Waals surface area contributed by atoms with Gasteiger partial charge in [-0.3, -0.25) is 0 Å². The number of hydrogen-bond acceptors (Lipinski definition) is 2. The van der Waals surface area contributed by atoms with Crippen LogP contribution >= 0.6 is 43.5 Å². The highest BCUT2D eigenvalue weighted by Gasteiger charge is 2.12. The maximum absolute atomic E-state index is 6.28. The van der Waals surface area contributed by atoms with Crippen molar-refractivity contribution >= 4 is 49.1 Å². The number of rotatable bonds is 4. The van der Waals surface area contributed by atoms with Crippen molar-refractivity contribution in [3.8, 4) is 5.75 Å². The Kier molecular flexibility index (Phi) is 5.35. The van der Waals surface area contributed by atoms with Crippen molar-refractivity contribution in [3.05, 3.63) is 55.9 Å². The molecule has 20 heavy (non-hydrogen) atoms. The highest BCUT2D eigenvalue weighted by molar-refractivity contribution is 9.10. The number of anilines is 1. The van der Waals surface area contributed by atoms with Crippen LogP contribution in [0.3, 0.4) is 0 Å².